The molecule has 1 fully saturated rings. The van der Waals surface area contributed by atoms with Crippen molar-refractivity contribution in [2.24, 2.45) is 0 Å². The zero-order chi connectivity index (χ0) is 21.9. The van der Waals surface area contributed by atoms with Gasteiger partial charge in [0.2, 0.25) is 5.91 Å². The fourth-order valence-corrected chi connectivity index (χ4v) is 5.78. The van der Waals surface area contributed by atoms with Gasteiger partial charge in [0, 0.05) is 23.1 Å². The second kappa shape index (κ2) is 9.06. The van der Waals surface area contributed by atoms with Crippen molar-refractivity contribution in [3.8, 4) is 0 Å². The van der Waals surface area contributed by atoms with E-state index in [9.17, 15) is 13.2 Å². The zero-order valence-electron chi connectivity index (χ0n) is 17.6. The second-order valence-corrected chi connectivity index (χ2v) is 12.0. The Morgan fingerprint density at radius 3 is 2.43 bits per heavy atom. The fraction of sp³-hybridized carbons (Fsp3) is 0.375. The lowest BCUT2D eigenvalue weighted by atomic mass is 9.87. The number of carbonyl (C=O) groups is 1. The molecule has 1 aliphatic heterocycles. The first-order chi connectivity index (χ1) is 14.0. The van der Waals surface area contributed by atoms with Crippen LogP contribution in [0.25, 0.3) is 6.08 Å². The summed E-state index contributed by atoms with van der Waals surface area (Å²) in [5.74, 6) is -0.00402. The fourth-order valence-electron chi connectivity index (χ4n) is 3.60. The molecule has 0 radical (unpaired) electrons. The highest BCUT2D eigenvalue weighted by atomic mass is 79.9. The van der Waals surface area contributed by atoms with Crippen LogP contribution in [0.2, 0.25) is 0 Å². The molecule has 30 heavy (non-hydrogen) atoms. The van der Waals surface area contributed by atoms with E-state index in [1.165, 1.54) is 5.56 Å². The lowest BCUT2D eigenvalue weighted by molar-refractivity contribution is -0.128. The lowest BCUT2D eigenvalue weighted by Gasteiger charge is -2.27. The van der Waals surface area contributed by atoms with Crippen molar-refractivity contribution in [3.05, 3.63) is 75.8 Å². The van der Waals surface area contributed by atoms with E-state index >= 15 is 0 Å². The monoisotopic (exact) mass is 489 g/mol. The first kappa shape index (κ1) is 22.8. The lowest BCUT2D eigenvalue weighted by Crippen LogP contribution is -2.39. The molecule has 1 aliphatic rings. The Bertz CT molecular complexity index is 1040. The number of hydrogen-bond donors (Lipinski definition) is 0. The Morgan fingerprint density at radius 1 is 1.17 bits per heavy atom. The topological polar surface area (TPSA) is 54.5 Å². The second-order valence-electron chi connectivity index (χ2n) is 8.86. The van der Waals surface area contributed by atoms with E-state index in [0.29, 0.717) is 13.0 Å². The molecule has 0 unspecified atom stereocenters. The summed E-state index contributed by atoms with van der Waals surface area (Å²) in [6.07, 6.45) is 3.83. The van der Waals surface area contributed by atoms with Crippen molar-refractivity contribution < 1.29 is 13.2 Å². The van der Waals surface area contributed by atoms with Crippen LogP contribution >= 0.6 is 15.9 Å². The molecule has 3 rings (SSSR count). The molecule has 6 heteroatoms. The van der Waals surface area contributed by atoms with E-state index in [-0.39, 0.29) is 28.9 Å². The largest absolute Gasteiger partial charge is 0.331 e. The van der Waals surface area contributed by atoms with Gasteiger partial charge in [0.05, 0.1) is 11.5 Å². The number of hydrogen-bond acceptors (Lipinski definition) is 3. The summed E-state index contributed by atoms with van der Waals surface area (Å²) >= 11 is 3.46. The smallest absolute Gasteiger partial charge is 0.247 e. The maximum absolute atomic E-state index is 13.1. The SMILES string of the molecule is CC(C)(C)c1ccc(/C=C/C(=O)N(Cc2cccc(Br)c2)[C@H]2CCS(=O)(=O)C2)cc1. The summed E-state index contributed by atoms with van der Waals surface area (Å²) < 4.78 is 24.9. The van der Waals surface area contributed by atoms with Crippen molar-refractivity contribution in [2.75, 3.05) is 11.5 Å². The zero-order valence-corrected chi connectivity index (χ0v) is 20.0. The molecule has 0 N–H and O–H groups in total. The van der Waals surface area contributed by atoms with Crippen LogP contribution in [-0.4, -0.2) is 36.8 Å². The van der Waals surface area contributed by atoms with Gasteiger partial charge in [0.1, 0.15) is 0 Å². The van der Waals surface area contributed by atoms with Crippen LogP contribution in [0.5, 0.6) is 0 Å². The molecule has 1 heterocycles. The third-order valence-electron chi connectivity index (χ3n) is 5.37. The molecule has 0 bridgehead atoms. The highest BCUT2D eigenvalue weighted by molar-refractivity contribution is 9.10. The molecule has 0 aromatic heterocycles. The number of sulfone groups is 1. The van der Waals surface area contributed by atoms with Crippen LogP contribution in [-0.2, 0) is 26.6 Å². The van der Waals surface area contributed by atoms with Gasteiger partial charge in [-0.15, -0.1) is 0 Å². The van der Waals surface area contributed by atoms with Gasteiger partial charge >= 0.3 is 0 Å². The molecule has 160 valence electrons. The quantitative estimate of drug-likeness (QED) is 0.556. The predicted molar refractivity (Wildman–Crippen MR) is 126 cm³/mol. The van der Waals surface area contributed by atoms with Gasteiger partial charge in [-0.3, -0.25) is 4.79 Å². The Kier molecular flexibility index (Phi) is 6.88. The summed E-state index contributed by atoms with van der Waals surface area (Å²) in [7, 11) is -3.09. The summed E-state index contributed by atoms with van der Waals surface area (Å²) in [5, 5.41) is 0. The van der Waals surface area contributed by atoms with E-state index in [2.05, 4.69) is 48.8 Å². The van der Waals surface area contributed by atoms with E-state index < -0.39 is 9.84 Å². The predicted octanol–water partition coefficient (Wildman–Crippen LogP) is 4.98. The molecule has 1 amide bonds. The number of amides is 1. The summed E-state index contributed by atoms with van der Waals surface area (Å²) in [4.78, 5) is 14.7. The minimum Gasteiger partial charge on any atom is -0.331 e. The first-order valence-electron chi connectivity index (χ1n) is 10.1. The van der Waals surface area contributed by atoms with Gasteiger partial charge in [0.25, 0.3) is 0 Å². The van der Waals surface area contributed by atoms with Crippen LogP contribution in [0.15, 0.2) is 59.1 Å². The summed E-state index contributed by atoms with van der Waals surface area (Å²) in [5.41, 5.74) is 3.22. The normalized spacial score (nSPS) is 18.6. The van der Waals surface area contributed by atoms with E-state index in [4.69, 9.17) is 0 Å². The highest BCUT2D eigenvalue weighted by Crippen LogP contribution is 2.24. The van der Waals surface area contributed by atoms with E-state index in [0.717, 1.165) is 15.6 Å². The van der Waals surface area contributed by atoms with Crippen LogP contribution in [0.4, 0.5) is 0 Å². The van der Waals surface area contributed by atoms with Crippen molar-refractivity contribution in [1.29, 1.82) is 0 Å². The van der Waals surface area contributed by atoms with Crippen LogP contribution in [0, 0.1) is 0 Å². The number of nitrogens with zero attached hydrogens (tertiary/aromatic N) is 1. The standard InChI is InChI=1S/C24H28BrNO3S/c1-24(2,3)20-10-7-18(8-11-20)9-12-23(27)26(22-13-14-30(28,29)17-22)16-19-5-4-6-21(25)15-19/h4-12,15,22H,13-14,16-17H2,1-3H3/b12-9+/t22-/m0/s1. The Hall–Kier alpha value is -1.92. The van der Waals surface area contributed by atoms with E-state index in [1.54, 1.807) is 17.1 Å². The van der Waals surface area contributed by atoms with Crippen molar-refractivity contribution in [2.45, 2.75) is 45.2 Å². The molecular formula is C24H28BrNO3S. The van der Waals surface area contributed by atoms with Crippen molar-refractivity contribution in [1.82, 2.24) is 4.90 Å². The van der Waals surface area contributed by atoms with Crippen LogP contribution in [0.1, 0.15) is 43.9 Å². The molecule has 0 spiro atoms. The first-order valence-corrected chi connectivity index (χ1v) is 12.7. The van der Waals surface area contributed by atoms with Crippen molar-refractivity contribution >= 4 is 37.8 Å². The summed E-state index contributed by atoms with van der Waals surface area (Å²) in [6.45, 7) is 6.87. The maximum atomic E-state index is 13.1. The maximum Gasteiger partial charge on any atom is 0.247 e. The van der Waals surface area contributed by atoms with Crippen LogP contribution in [0.3, 0.4) is 0 Å². The van der Waals surface area contributed by atoms with Crippen LogP contribution < -0.4 is 0 Å². The number of rotatable bonds is 5. The molecular weight excluding hydrogens is 462 g/mol. The Balaban J connectivity index is 1.80. The molecule has 4 nitrogen and oxygen atoms in total. The van der Waals surface area contributed by atoms with Gasteiger partial charge in [-0.05, 0) is 46.7 Å². The minimum atomic E-state index is -3.09. The average Bonchev–Trinajstić information content (AvgIpc) is 3.03. The molecule has 1 atom stereocenters. The molecule has 0 aliphatic carbocycles. The van der Waals surface area contributed by atoms with Gasteiger partial charge in [-0.2, -0.15) is 0 Å². The third-order valence-corrected chi connectivity index (χ3v) is 7.61. The average molecular weight is 490 g/mol. The molecule has 0 saturated carbocycles. The van der Waals surface area contributed by atoms with Crippen molar-refractivity contribution in [3.63, 3.8) is 0 Å². The third kappa shape index (κ3) is 6.05. The Labute approximate surface area is 188 Å². The Morgan fingerprint density at radius 2 is 1.87 bits per heavy atom. The van der Waals surface area contributed by atoms with E-state index in [1.807, 2.05) is 36.4 Å². The van der Waals surface area contributed by atoms with Gasteiger partial charge in [-0.25, -0.2) is 8.42 Å². The molecule has 2 aromatic rings. The molecule has 2 aromatic carbocycles. The highest BCUT2D eigenvalue weighted by Gasteiger charge is 2.34. The number of halogens is 1. The van der Waals surface area contributed by atoms with Gasteiger partial charge < -0.3 is 4.90 Å². The van der Waals surface area contributed by atoms with Gasteiger partial charge in [-0.1, -0.05) is 73.1 Å². The number of carbonyl (C=O) groups excluding carboxylic acids is 1. The summed E-state index contributed by atoms with van der Waals surface area (Å²) in [6, 6.07) is 15.6. The number of benzene rings is 2. The van der Waals surface area contributed by atoms with Gasteiger partial charge in [0.15, 0.2) is 9.84 Å². The molecule has 1 saturated heterocycles. The minimum absolute atomic E-state index is 0.0286.